The Balaban J connectivity index is 1.67. The number of amides is 1. The number of aliphatic hydroxyl groups excluding tert-OH is 1. The lowest BCUT2D eigenvalue weighted by atomic mass is 10.0. The molecule has 1 aromatic rings. The molecule has 1 amide bonds. The van der Waals surface area contributed by atoms with Crippen molar-refractivity contribution < 1.29 is 14.6 Å². The SMILES string of the molecule is O=C(COCc1ccccc1)N[C@@H]1CCNC[C@H]1O. The molecule has 1 aromatic carbocycles. The van der Waals surface area contributed by atoms with Gasteiger partial charge < -0.3 is 20.5 Å². The molecule has 5 nitrogen and oxygen atoms in total. The molecule has 104 valence electrons. The zero-order valence-corrected chi connectivity index (χ0v) is 10.8. The van der Waals surface area contributed by atoms with E-state index in [-0.39, 0.29) is 18.6 Å². The van der Waals surface area contributed by atoms with E-state index < -0.39 is 6.10 Å². The summed E-state index contributed by atoms with van der Waals surface area (Å²) in [5, 5.41) is 15.6. The zero-order chi connectivity index (χ0) is 13.5. The Hall–Kier alpha value is -1.43. The fourth-order valence-corrected chi connectivity index (χ4v) is 2.09. The Morgan fingerprint density at radius 2 is 2.21 bits per heavy atom. The maximum Gasteiger partial charge on any atom is 0.246 e. The van der Waals surface area contributed by atoms with Crippen molar-refractivity contribution in [1.29, 1.82) is 0 Å². The van der Waals surface area contributed by atoms with Gasteiger partial charge in [-0.25, -0.2) is 0 Å². The lowest BCUT2D eigenvalue weighted by Crippen LogP contribution is -2.53. The Morgan fingerprint density at radius 1 is 1.42 bits per heavy atom. The third-order valence-electron chi connectivity index (χ3n) is 3.14. The molecule has 0 aliphatic carbocycles. The lowest BCUT2D eigenvalue weighted by molar-refractivity contribution is -0.127. The molecule has 1 fully saturated rings. The van der Waals surface area contributed by atoms with Gasteiger partial charge in [0.2, 0.25) is 5.91 Å². The number of carbonyl (C=O) groups is 1. The van der Waals surface area contributed by atoms with E-state index in [1.165, 1.54) is 0 Å². The number of aliphatic hydroxyl groups is 1. The second-order valence-corrected chi connectivity index (χ2v) is 4.71. The van der Waals surface area contributed by atoms with Crippen LogP contribution < -0.4 is 10.6 Å². The van der Waals surface area contributed by atoms with E-state index >= 15 is 0 Å². The fourth-order valence-electron chi connectivity index (χ4n) is 2.09. The summed E-state index contributed by atoms with van der Waals surface area (Å²) in [7, 11) is 0. The van der Waals surface area contributed by atoms with Crippen LogP contribution in [0.4, 0.5) is 0 Å². The van der Waals surface area contributed by atoms with E-state index in [1.54, 1.807) is 0 Å². The molecule has 0 spiro atoms. The number of benzene rings is 1. The van der Waals surface area contributed by atoms with Crippen LogP contribution in [0.15, 0.2) is 30.3 Å². The van der Waals surface area contributed by atoms with Crippen LogP contribution in [0.5, 0.6) is 0 Å². The summed E-state index contributed by atoms with van der Waals surface area (Å²) in [6.07, 6.45) is 0.220. The lowest BCUT2D eigenvalue weighted by Gasteiger charge is -2.28. The van der Waals surface area contributed by atoms with E-state index in [0.29, 0.717) is 13.2 Å². The Bertz CT molecular complexity index is 397. The number of hydrogen-bond acceptors (Lipinski definition) is 4. The molecule has 2 atom stereocenters. The topological polar surface area (TPSA) is 70.6 Å². The Labute approximate surface area is 113 Å². The first-order chi connectivity index (χ1) is 9.25. The molecule has 1 aliphatic heterocycles. The molecular weight excluding hydrogens is 244 g/mol. The average molecular weight is 264 g/mol. The molecule has 0 bridgehead atoms. The van der Waals surface area contributed by atoms with Crippen molar-refractivity contribution in [2.24, 2.45) is 0 Å². The van der Waals surface area contributed by atoms with Gasteiger partial charge in [0.25, 0.3) is 0 Å². The number of hydrogen-bond donors (Lipinski definition) is 3. The molecule has 1 aliphatic rings. The van der Waals surface area contributed by atoms with E-state index in [9.17, 15) is 9.90 Å². The third kappa shape index (κ3) is 4.63. The molecule has 5 heteroatoms. The standard InChI is InChI=1S/C14H20N2O3/c17-13-8-15-7-6-12(13)16-14(18)10-19-9-11-4-2-1-3-5-11/h1-5,12-13,15,17H,6-10H2,(H,16,18)/t12-,13-/m1/s1. The van der Waals surface area contributed by atoms with Gasteiger partial charge in [-0.05, 0) is 18.5 Å². The van der Waals surface area contributed by atoms with Crippen molar-refractivity contribution in [3.8, 4) is 0 Å². The van der Waals surface area contributed by atoms with Gasteiger partial charge in [0, 0.05) is 6.54 Å². The highest BCUT2D eigenvalue weighted by Crippen LogP contribution is 2.04. The Kier molecular flexibility index (Phi) is 5.32. The molecule has 0 aromatic heterocycles. The summed E-state index contributed by atoms with van der Waals surface area (Å²) in [6, 6.07) is 9.54. The molecule has 0 unspecified atom stereocenters. The first-order valence-electron chi connectivity index (χ1n) is 6.55. The molecule has 1 saturated heterocycles. The molecule has 19 heavy (non-hydrogen) atoms. The van der Waals surface area contributed by atoms with Gasteiger partial charge in [-0.15, -0.1) is 0 Å². The normalized spacial score (nSPS) is 23.0. The van der Waals surface area contributed by atoms with Crippen LogP contribution in [-0.2, 0) is 16.1 Å². The maximum atomic E-state index is 11.7. The summed E-state index contributed by atoms with van der Waals surface area (Å²) in [5.41, 5.74) is 1.04. The third-order valence-corrected chi connectivity index (χ3v) is 3.14. The van der Waals surface area contributed by atoms with Gasteiger partial charge in [-0.2, -0.15) is 0 Å². The first-order valence-corrected chi connectivity index (χ1v) is 6.55. The van der Waals surface area contributed by atoms with Crippen LogP contribution in [0.2, 0.25) is 0 Å². The minimum atomic E-state index is -0.521. The van der Waals surface area contributed by atoms with Crippen molar-refractivity contribution >= 4 is 5.91 Å². The monoisotopic (exact) mass is 264 g/mol. The van der Waals surface area contributed by atoms with Crippen LogP contribution in [0.1, 0.15) is 12.0 Å². The van der Waals surface area contributed by atoms with E-state index in [2.05, 4.69) is 10.6 Å². The Morgan fingerprint density at radius 3 is 2.95 bits per heavy atom. The molecule has 2 rings (SSSR count). The summed E-state index contributed by atoms with van der Waals surface area (Å²) in [6.45, 7) is 1.78. The number of piperidine rings is 1. The molecule has 0 saturated carbocycles. The summed E-state index contributed by atoms with van der Waals surface area (Å²) in [5.74, 6) is -0.179. The number of β-amino-alcohol motifs (C(OH)–C–C–N with tert-alkyl or cyclic N) is 1. The number of rotatable bonds is 5. The van der Waals surface area contributed by atoms with Gasteiger partial charge >= 0.3 is 0 Å². The van der Waals surface area contributed by atoms with Crippen molar-refractivity contribution in [2.45, 2.75) is 25.2 Å². The molecule has 0 radical (unpaired) electrons. The fraction of sp³-hybridized carbons (Fsp3) is 0.500. The summed E-state index contributed by atoms with van der Waals surface area (Å²) >= 11 is 0. The van der Waals surface area contributed by atoms with Crippen molar-refractivity contribution in [1.82, 2.24) is 10.6 Å². The number of ether oxygens (including phenoxy) is 1. The summed E-state index contributed by atoms with van der Waals surface area (Å²) in [4.78, 5) is 11.7. The van der Waals surface area contributed by atoms with E-state index in [4.69, 9.17) is 4.74 Å². The average Bonchev–Trinajstić information content (AvgIpc) is 2.43. The molecular formula is C14H20N2O3. The quantitative estimate of drug-likeness (QED) is 0.702. The van der Waals surface area contributed by atoms with Gasteiger partial charge in [-0.3, -0.25) is 4.79 Å². The first kappa shape index (κ1) is 14.0. The zero-order valence-electron chi connectivity index (χ0n) is 10.8. The maximum absolute atomic E-state index is 11.7. The van der Waals surface area contributed by atoms with Crippen LogP contribution in [0, 0.1) is 0 Å². The summed E-state index contributed by atoms with van der Waals surface area (Å²) < 4.78 is 5.35. The van der Waals surface area contributed by atoms with Crippen LogP contribution in [0.3, 0.4) is 0 Å². The van der Waals surface area contributed by atoms with Gasteiger partial charge in [0.05, 0.1) is 18.8 Å². The molecule has 1 heterocycles. The predicted octanol–water partition coefficient (Wildman–Crippen LogP) is 0.0422. The second kappa shape index (κ2) is 7.23. The van der Waals surface area contributed by atoms with Crippen molar-refractivity contribution in [3.05, 3.63) is 35.9 Å². The molecule has 3 N–H and O–H groups in total. The van der Waals surface area contributed by atoms with Crippen LogP contribution >= 0.6 is 0 Å². The number of carbonyl (C=O) groups excluding carboxylic acids is 1. The number of nitrogens with one attached hydrogen (secondary N) is 2. The van der Waals surface area contributed by atoms with Crippen molar-refractivity contribution in [3.63, 3.8) is 0 Å². The van der Waals surface area contributed by atoms with Crippen molar-refractivity contribution in [2.75, 3.05) is 19.7 Å². The highest BCUT2D eigenvalue weighted by atomic mass is 16.5. The van der Waals surface area contributed by atoms with Crippen LogP contribution in [0.25, 0.3) is 0 Å². The van der Waals surface area contributed by atoms with Gasteiger partial charge in [0.15, 0.2) is 0 Å². The van der Waals surface area contributed by atoms with Crippen LogP contribution in [-0.4, -0.2) is 42.9 Å². The highest BCUT2D eigenvalue weighted by molar-refractivity contribution is 5.77. The minimum Gasteiger partial charge on any atom is -0.390 e. The van der Waals surface area contributed by atoms with Gasteiger partial charge in [0.1, 0.15) is 6.61 Å². The van der Waals surface area contributed by atoms with E-state index in [1.807, 2.05) is 30.3 Å². The van der Waals surface area contributed by atoms with E-state index in [0.717, 1.165) is 18.5 Å². The largest absolute Gasteiger partial charge is 0.390 e. The predicted molar refractivity (Wildman–Crippen MR) is 71.5 cm³/mol. The van der Waals surface area contributed by atoms with Gasteiger partial charge in [-0.1, -0.05) is 30.3 Å². The smallest absolute Gasteiger partial charge is 0.246 e. The second-order valence-electron chi connectivity index (χ2n) is 4.71. The highest BCUT2D eigenvalue weighted by Gasteiger charge is 2.23. The minimum absolute atomic E-state index is 0.0194.